The van der Waals surface area contributed by atoms with Gasteiger partial charge in [-0.1, -0.05) is 18.7 Å². The molecule has 2 aromatic heterocycles. The van der Waals surface area contributed by atoms with E-state index in [9.17, 15) is 4.79 Å². The molecule has 148 valence electrons. The van der Waals surface area contributed by atoms with E-state index >= 15 is 0 Å². The molecule has 0 aliphatic rings. The molecule has 1 amide bonds. The van der Waals surface area contributed by atoms with Gasteiger partial charge in [0.1, 0.15) is 11.5 Å². The number of aromatic nitrogens is 4. The van der Waals surface area contributed by atoms with Crippen LogP contribution in [0.3, 0.4) is 0 Å². The number of ether oxygens (including phenoxy) is 2. The van der Waals surface area contributed by atoms with Crippen molar-refractivity contribution in [1.82, 2.24) is 19.5 Å². The van der Waals surface area contributed by atoms with Crippen LogP contribution >= 0.6 is 11.8 Å². The average molecular weight is 401 g/mol. The van der Waals surface area contributed by atoms with Crippen LogP contribution in [0.25, 0.3) is 0 Å². The standard InChI is InChI=1S/C19H23N5O3S/c1-4-7-17-21-22-19(24(17)23-10-5-6-11-23)28-13-18(25)20-15-9-8-14(26-2)12-16(15)27-3/h5-6,8-12H,4,7,13H2,1-3H3,(H,20,25). The molecule has 0 spiro atoms. The second kappa shape index (κ2) is 9.32. The zero-order valence-electron chi connectivity index (χ0n) is 16.1. The number of aryl methyl sites for hydroxylation is 1. The molecular weight excluding hydrogens is 378 g/mol. The van der Waals surface area contributed by atoms with Gasteiger partial charge < -0.3 is 14.8 Å². The number of nitrogens with one attached hydrogen (secondary N) is 1. The number of hydrogen-bond donors (Lipinski definition) is 1. The summed E-state index contributed by atoms with van der Waals surface area (Å²) >= 11 is 1.33. The first-order valence-electron chi connectivity index (χ1n) is 8.88. The lowest BCUT2D eigenvalue weighted by Gasteiger charge is -2.12. The fraction of sp³-hybridized carbons (Fsp3) is 0.316. The molecule has 0 saturated carbocycles. The second-order valence-electron chi connectivity index (χ2n) is 5.93. The van der Waals surface area contributed by atoms with Crippen LogP contribution < -0.4 is 14.8 Å². The number of carbonyl (C=O) groups excluding carboxylic acids is 1. The SMILES string of the molecule is CCCc1nnc(SCC(=O)Nc2ccc(OC)cc2OC)n1-n1cccc1. The first-order valence-corrected chi connectivity index (χ1v) is 9.87. The Bertz CT molecular complexity index is 924. The monoisotopic (exact) mass is 401 g/mol. The van der Waals surface area contributed by atoms with Crippen molar-refractivity contribution in [1.29, 1.82) is 0 Å². The summed E-state index contributed by atoms with van der Waals surface area (Å²) in [6.45, 7) is 2.09. The summed E-state index contributed by atoms with van der Waals surface area (Å²) in [5.41, 5.74) is 0.590. The van der Waals surface area contributed by atoms with Gasteiger partial charge in [0.05, 0.1) is 25.7 Å². The van der Waals surface area contributed by atoms with Crippen LogP contribution in [0.1, 0.15) is 19.2 Å². The van der Waals surface area contributed by atoms with Crippen molar-refractivity contribution < 1.29 is 14.3 Å². The zero-order valence-corrected chi connectivity index (χ0v) is 16.9. The lowest BCUT2D eigenvalue weighted by atomic mass is 10.2. The second-order valence-corrected chi connectivity index (χ2v) is 6.87. The van der Waals surface area contributed by atoms with Crippen LogP contribution in [0.15, 0.2) is 47.9 Å². The summed E-state index contributed by atoms with van der Waals surface area (Å²) in [6, 6.07) is 9.12. The van der Waals surface area contributed by atoms with Gasteiger partial charge in [0.25, 0.3) is 0 Å². The van der Waals surface area contributed by atoms with Crippen LogP contribution in [0.5, 0.6) is 11.5 Å². The van der Waals surface area contributed by atoms with E-state index in [1.807, 2.05) is 33.9 Å². The minimum Gasteiger partial charge on any atom is -0.497 e. The van der Waals surface area contributed by atoms with E-state index in [2.05, 4.69) is 22.4 Å². The Kier molecular flexibility index (Phi) is 6.59. The van der Waals surface area contributed by atoms with Crippen LogP contribution in [-0.2, 0) is 11.2 Å². The third-order valence-corrected chi connectivity index (χ3v) is 4.90. The molecule has 0 unspecified atom stereocenters. The van der Waals surface area contributed by atoms with Gasteiger partial charge in [-0.05, 0) is 30.7 Å². The van der Waals surface area contributed by atoms with Crippen molar-refractivity contribution in [3.05, 3.63) is 48.5 Å². The van der Waals surface area contributed by atoms with E-state index in [0.717, 1.165) is 18.7 Å². The van der Waals surface area contributed by atoms with E-state index < -0.39 is 0 Å². The normalized spacial score (nSPS) is 10.7. The van der Waals surface area contributed by atoms with Gasteiger partial charge >= 0.3 is 0 Å². The molecule has 8 nitrogen and oxygen atoms in total. The largest absolute Gasteiger partial charge is 0.497 e. The lowest BCUT2D eigenvalue weighted by molar-refractivity contribution is -0.113. The minimum atomic E-state index is -0.160. The Morgan fingerprint density at radius 3 is 2.64 bits per heavy atom. The number of benzene rings is 1. The third kappa shape index (κ3) is 4.48. The number of rotatable bonds is 9. The Labute approximate surface area is 167 Å². The number of amides is 1. The molecule has 0 aliphatic heterocycles. The molecule has 1 aromatic carbocycles. The van der Waals surface area contributed by atoms with Gasteiger partial charge in [0.2, 0.25) is 11.1 Å². The molecule has 0 atom stereocenters. The van der Waals surface area contributed by atoms with E-state index in [0.29, 0.717) is 22.3 Å². The highest BCUT2D eigenvalue weighted by Crippen LogP contribution is 2.29. The van der Waals surface area contributed by atoms with Crippen molar-refractivity contribution in [3.63, 3.8) is 0 Å². The van der Waals surface area contributed by atoms with Crippen LogP contribution in [-0.4, -0.2) is 45.4 Å². The van der Waals surface area contributed by atoms with Crippen LogP contribution in [0.2, 0.25) is 0 Å². The molecule has 9 heteroatoms. The smallest absolute Gasteiger partial charge is 0.234 e. The van der Waals surface area contributed by atoms with Gasteiger partial charge in [-0.2, -0.15) is 0 Å². The maximum Gasteiger partial charge on any atom is 0.234 e. The highest BCUT2D eigenvalue weighted by Gasteiger charge is 2.16. The average Bonchev–Trinajstić information content (AvgIpc) is 3.36. The van der Waals surface area contributed by atoms with E-state index in [1.165, 1.54) is 11.8 Å². The van der Waals surface area contributed by atoms with E-state index in [4.69, 9.17) is 9.47 Å². The number of methoxy groups -OCH3 is 2. The van der Waals surface area contributed by atoms with Gasteiger partial charge in [0, 0.05) is 24.9 Å². The van der Waals surface area contributed by atoms with Gasteiger partial charge in [-0.25, -0.2) is 4.68 Å². The molecule has 0 saturated heterocycles. The summed E-state index contributed by atoms with van der Waals surface area (Å²) in [4.78, 5) is 12.5. The topological polar surface area (TPSA) is 83.2 Å². The Balaban J connectivity index is 1.70. The van der Waals surface area contributed by atoms with Crippen molar-refractivity contribution in [2.45, 2.75) is 24.9 Å². The molecular formula is C19H23N5O3S. The zero-order chi connectivity index (χ0) is 19.9. The summed E-state index contributed by atoms with van der Waals surface area (Å²) in [5, 5.41) is 12.1. The van der Waals surface area contributed by atoms with Crippen molar-refractivity contribution >= 4 is 23.4 Å². The molecule has 0 fully saturated rings. The summed E-state index contributed by atoms with van der Waals surface area (Å²) in [7, 11) is 3.13. The quantitative estimate of drug-likeness (QED) is 0.555. The number of carbonyl (C=O) groups is 1. The first kappa shape index (κ1) is 19.8. The number of nitrogens with zero attached hydrogens (tertiary/aromatic N) is 4. The van der Waals surface area contributed by atoms with E-state index in [1.54, 1.807) is 32.4 Å². The Morgan fingerprint density at radius 2 is 1.96 bits per heavy atom. The highest BCUT2D eigenvalue weighted by atomic mass is 32.2. The van der Waals surface area contributed by atoms with Crippen molar-refractivity contribution in [2.75, 3.05) is 25.3 Å². The Morgan fingerprint density at radius 1 is 1.18 bits per heavy atom. The molecule has 3 aromatic rings. The number of hydrogen-bond acceptors (Lipinski definition) is 6. The summed E-state index contributed by atoms with van der Waals surface area (Å²) in [6.07, 6.45) is 5.62. The maximum atomic E-state index is 12.5. The maximum absolute atomic E-state index is 12.5. The highest BCUT2D eigenvalue weighted by molar-refractivity contribution is 7.99. The van der Waals surface area contributed by atoms with Gasteiger partial charge in [0.15, 0.2) is 5.82 Å². The molecule has 1 N–H and O–H groups in total. The Hall–Kier alpha value is -2.94. The predicted octanol–water partition coefficient (Wildman–Crippen LogP) is 3.09. The van der Waals surface area contributed by atoms with Crippen molar-refractivity contribution in [2.24, 2.45) is 0 Å². The van der Waals surface area contributed by atoms with E-state index in [-0.39, 0.29) is 11.7 Å². The summed E-state index contributed by atoms with van der Waals surface area (Å²) in [5.74, 6) is 2.10. The van der Waals surface area contributed by atoms with Gasteiger partial charge in [-0.15, -0.1) is 10.2 Å². The molecule has 0 radical (unpaired) electrons. The third-order valence-electron chi connectivity index (χ3n) is 3.99. The number of thioether (sulfide) groups is 1. The van der Waals surface area contributed by atoms with Crippen LogP contribution in [0, 0.1) is 0 Å². The van der Waals surface area contributed by atoms with Crippen molar-refractivity contribution in [3.8, 4) is 11.5 Å². The first-order chi connectivity index (χ1) is 13.7. The molecule has 3 rings (SSSR count). The molecule has 0 bridgehead atoms. The fourth-order valence-electron chi connectivity index (χ4n) is 2.67. The lowest BCUT2D eigenvalue weighted by Crippen LogP contribution is -2.16. The molecule has 0 aliphatic carbocycles. The fourth-order valence-corrected chi connectivity index (χ4v) is 3.43. The summed E-state index contributed by atoms with van der Waals surface area (Å²) < 4.78 is 14.3. The number of anilines is 1. The predicted molar refractivity (Wildman–Crippen MR) is 108 cm³/mol. The van der Waals surface area contributed by atoms with Crippen LogP contribution in [0.4, 0.5) is 5.69 Å². The minimum absolute atomic E-state index is 0.160. The molecule has 28 heavy (non-hydrogen) atoms. The van der Waals surface area contributed by atoms with Gasteiger partial charge in [-0.3, -0.25) is 9.47 Å². The molecule has 2 heterocycles.